The second-order valence-corrected chi connectivity index (χ2v) is 6.18. The first-order chi connectivity index (χ1) is 9.93. The molecule has 6 heteroatoms. The number of likely N-dealkylation sites (N-methyl/N-ethyl adjacent to an activating group) is 1. The molecule has 2 aromatic rings. The van der Waals surface area contributed by atoms with Crippen molar-refractivity contribution in [2.45, 2.75) is 26.3 Å². The van der Waals surface area contributed by atoms with Gasteiger partial charge in [-0.1, -0.05) is 24.6 Å². The molecule has 1 atom stereocenters. The number of aromatic nitrogens is 2. The van der Waals surface area contributed by atoms with E-state index in [2.05, 4.69) is 26.3 Å². The Morgan fingerprint density at radius 1 is 1.48 bits per heavy atom. The smallest absolute Gasteiger partial charge is 0.129 e. The molecular formula is C15H18BrClFN3. The number of nitrogens with zero attached hydrogens (tertiary/aromatic N) is 2. The van der Waals surface area contributed by atoms with Gasteiger partial charge < -0.3 is 5.32 Å². The lowest BCUT2D eigenvalue weighted by molar-refractivity contribution is 0.496. The van der Waals surface area contributed by atoms with Crippen molar-refractivity contribution in [3.05, 3.63) is 50.5 Å². The van der Waals surface area contributed by atoms with Gasteiger partial charge in [0.25, 0.3) is 0 Å². The van der Waals surface area contributed by atoms with E-state index in [1.165, 1.54) is 6.07 Å². The summed E-state index contributed by atoms with van der Waals surface area (Å²) < 4.78 is 17.0. The predicted molar refractivity (Wildman–Crippen MR) is 87.2 cm³/mol. The fraction of sp³-hybridized carbons (Fsp3) is 0.400. The van der Waals surface area contributed by atoms with Crippen molar-refractivity contribution in [3.63, 3.8) is 0 Å². The zero-order chi connectivity index (χ0) is 15.6. The molecule has 114 valence electrons. The normalized spacial score (nSPS) is 12.7. The molecule has 0 aliphatic carbocycles. The highest BCUT2D eigenvalue weighted by Crippen LogP contribution is 2.28. The van der Waals surface area contributed by atoms with Gasteiger partial charge in [-0.15, -0.1) is 0 Å². The van der Waals surface area contributed by atoms with Crippen LogP contribution in [-0.4, -0.2) is 16.3 Å². The predicted octanol–water partition coefficient (Wildman–Crippen LogP) is 4.18. The number of nitrogens with one attached hydrogen (secondary N) is 1. The molecule has 0 saturated heterocycles. The third-order valence-electron chi connectivity index (χ3n) is 3.45. The van der Waals surface area contributed by atoms with Gasteiger partial charge in [-0.25, -0.2) is 4.39 Å². The Balaban J connectivity index is 2.35. The van der Waals surface area contributed by atoms with Crippen molar-refractivity contribution < 1.29 is 4.39 Å². The quantitative estimate of drug-likeness (QED) is 0.851. The van der Waals surface area contributed by atoms with E-state index < -0.39 is 0 Å². The zero-order valence-electron chi connectivity index (χ0n) is 12.3. The minimum Gasteiger partial charge on any atom is -0.310 e. The molecule has 1 aromatic carbocycles. The second kappa shape index (κ2) is 6.90. The van der Waals surface area contributed by atoms with Gasteiger partial charge in [0.05, 0.1) is 15.9 Å². The Kier molecular flexibility index (Phi) is 5.41. The monoisotopic (exact) mass is 373 g/mol. The van der Waals surface area contributed by atoms with E-state index in [0.717, 1.165) is 22.4 Å². The second-order valence-electron chi connectivity index (χ2n) is 4.95. The zero-order valence-corrected chi connectivity index (χ0v) is 14.6. The Morgan fingerprint density at radius 2 is 2.19 bits per heavy atom. The largest absolute Gasteiger partial charge is 0.310 e. The lowest BCUT2D eigenvalue weighted by Crippen LogP contribution is -2.25. The summed E-state index contributed by atoms with van der Waals surface area (Å²) in [5.41, 5.74) is 2.58. The minimum atomic E-state index is -0.288. The molecule has 0 aliphatic rings. The molecule has 2 rings (SSSR count). The van der Waals surface area contributed by atoms with Gasteiger partial charge in [0.2, 0.25) is 0 Å². The molecule has 1 unspecified atom stereocenters. The standard InChI is InChI=1S/C15H18BrClFN3/c1-4-19-13(11-6-5-10(17)7-12(11)18)8-14-15(16)9(2)20-21(14)3/h5-7,13,19H,4,8H2,1-3H3. The molecule has 0 aliphatic heterocycles. The highest BCUT2D eigenvalue weighted by atomic mass is 79.9. The maximum atomic E-state index is 14.2. The molecule has 0 bridgehead atoms. The summed E-state index contributed by atoms with van der Waals surface area (Å²) in [6.07, 6.45) is 0.643. The lowest BCUT2D eigenvalue weighted by atomic mass is 10.0. The molecule has 1 heterocycles. The molecule has 0 radical (unpaired) electrons. The van der Waals surface area contributed by atoms with Crippen LogP contribution >= 0.6 is 27.5 Å². The van der Waals surface area contributed by atoms with Crippen LogP contribution in [0.5, 0.6) is 0 Å². The number of rotatable bonds is 5. The van der Waals surface area contributed by atoms with E-state index in [9.17, 15) is 4.39 Å². The third kappa shape index (κ3) is 3.65. The van der Waals surface area contributed by atoms with Gasteiger partial charge in [-0.05, 0) is 41.5 Å². The van der Waals surface area contributed by atoms with Crippen molar-refractivity contribution >= 4 is 27.5 Å². The summed E-state index contributed by atoms with van der Waals surface area (Å²) in [5.74, 6) is -0.288. The first-order valence-electron chi connectivity index (χ1n) is 6.80. The minimum absolute atomic E-state index is 0.127. The first-order valence-corrected chi connectivity index (χ1v) is 7.97. The maximum Gasteiger partial charge on any atom is 0.129 e. The average molecular weight is 375 g/mol. The summed E-state index contributed by atoms with van der Waals surface area (Å²) >= 11 is 9.39. The van der Waals surface area contributed by atoms with Crippen LogP contribution in [0.4, 0.5) is 4.39 Å². The molecule has 3 nitrogen and oxygen atoms in total. The molecule has 1 aromatic heterocycles. The van der Waals surface area contributed by atoms with Gasteiger partial charge >= 0.3 is 0 Å². The number of hydrogen-bond donors (Lipinski definition) is 1. The van der Waals surface area contributed by atoms with E-state index >= 15 is 0 Å². The molecule has 21 heavy (non-hydrogen) atoms. The molecule has 1 N–H and O–H groups in total. The van der Waals surface area contributed by atoms with Crippen LogP contribution in [0.25, 0.3) is 0 Å². The summed E-state index contributed by atoms with van der Waals surface area (Å²) in [5, 5.41) is 8.11. The molecule has 0 fully saturated rings. The summed E-state index contributed by atoms with van der Waals surface area (Å²) in [6.45, 7) is 4.70. The molecular weight excluding hydrogens is 357 g/mol. The third-order valence-corrected chi connectivity index (χ3v) is 4.71. The fourth-order valence-electron chi connectivity index (χ4n) is 2.42. The van der Waals surface area contributed by atoms with Crippen molar-refractivity contribution in [2.75, 3.05) is 6.54 Å². The van der Waals surface area contributed by atoms with Gasteiger partial charge in [-0.3, -0.25) is 4.68 Å². The highest BCUT2D eigenvalue weighted by Gasteiger charge is 2.20. The number of aryl methyl sites for hydroxylation is 2. The van der Waals surface area contributed by atoms with Crippen molar-refractivity contribution in [1.29, 1.82) is 0 Å². The van der Waals surface area contributed by atoms with Gasteiger partial charge in [0.1, 0.15) is 5.82 Å². The summed E-state index contributed by atoms with van der Waals surface area (Å²) in [6, 6.07) is 4.68. The van der Waals surface area contributed by atoms with E-state index in [1.54, 1.807) is 12.1 Å². The van der Waals surface area contributed by atoms with E-state index in [1.807, 2.05) is 25.6 Å². The molecule has 0 saturated carbocycles. The van der Waals surface area contributed by atoms with E-state index in [0.29, 0.717) is 17.0 Å². The average Bonchev–Trinajstić information content (AvgIpc) is 2.65. The van der Waals surface area contributed by atoms with Crippen molar-refractivity contribution in [2.24, 2.45) is 7.05 Å². The van der Waals surface area contributed by atoms with Crippen LogP contribution in [0.3, 0.4) is 0 Å². The molecule has 0 spiro atoms. The highest BCUT2D eigenvalue weighted by molar-refractivity contribution is 9.10. The van der Waals surface area contributed by atoms with Gasteiger partial charge in [-0.2, -0.15) is 5.10 Å². The van der Waals surface area contributed by atoms with Crippen LogP contribution in [0.2, 0.25) is 5.02 Å². The van der Waals surface area contributed by atoms with Crippen LogP contribution in [0.15, 0.2) is 22.7 Å². The van der Waals surface area contributed by atoms with Crippen LogP contribution < -0.4 is 5.32 Å². The summed E-state index contributed by atoms with van der Waals surface area (Å²) in [4.78, 5) is 0. The summed E-state index contributed by atoms with van der Waals surface area (Å²) in [7, 11) is 1.90. The number of benzene rings is 1. The number of halogens is 3. The topological polar surface area (TPSA) is 29.9 Å². The first kappa shape index (κ1) is 16.5. The van der Waals surface area contributed by atoms with Gasteiger partial charge in [0.15, 0.2) is 0 Å². The molecule has 0 amide bonds. The Bertz CT molecular complexity index is 642. The van der Waals surface area contributed by atoms with Gasteiger partial charge in [0, 0.05) is 30.1 Å². The maximum absolute atomic E-state index is 14.2. The van der Waals surface area contributed by atoms with Crippen LogP contribution in [-0.2, 0) is 13.5 Å². The van der Waals surface area contributed by atoms with Crippen molar-refractivity contribution in [3.8, 4) is 0 Å². The lowest BCUT2D eigenvalue weighted by Gasteiger charge is -2.19. The fourth-order valence-corrected chi connectivity index (χ4v) is 3.07. The Morgan fingerprint density at radius 3 is 2.71 bits per heavy atom. The Hall–Kier alpha value is -0.910. The van der Waals surface area contributed by atoms with E-state index in [-0.39, 0.29) is 11.9 Å². The SMILES string of the molecule is CCNC(Cc1c(Br)c(C)nn1C)c1ccc(Cl)cc1F. The number of hydrogen-bond acceptors (Lipinski definition) is 2. The van der Waals surface area contributed by atoms with Crippen LogP contribution in [0, 0.1) is 12.7 Å². The Labute approximate surface area is 137 Å². The van der Waals surface area contributed by atoms with Crippen molar-refractivity contribution in [1.82, 2.24) is 15.1 Å². The van der Waals surface area contributed by atoms with Crippen LogP contribution in [0.1, 0.15) is 29.9 Å². The van der Waals surface area contributed by atoms with E-state index in [4.69, 9.17) is 11.6 Å².